The highest BCUT2D eigenvalue weighted by molar-refractivity contribution is 7.99. The molecule has 0 radical (unpaired) electrons. The molecule has 0 spiro atoms. The Labute approximate surface area is 167 Å². The van der Waals surface area contributed by atoms with Crippen LogP contribution >= 0.6 is 35.6 Å². The van der Waals surface area contributed by atoms with E-state index in [-0.39, 0.29) is 0 Å². The monoisotopic (exact) mass is 397 g/mol. The average Bonchev–Trinajstić information content (AvgIpc) is 2.66. The summed E-state index contributed by atoms with van der Waals surface area (Å²) in [7, 11) is 0. The highest BCUT2D eigenvalue weighted by Crippen LogP contribution is 2.28. The van der Waals surface area contributed by atoms with Crippen LogP contribution in [0.2, 0.25) is 5.02 Å². The Balaban J connectivity index is 1.51. The lowest BCUT2D eigenvalue weighted by Crippen LogP contribution is -2.23. The minimum atomic E-state index is 0.447. The van der Waals surface area contributed by atoms with Crippen molar-refractivity contribution >= 4 is 52.6 Å². The quantitative estimate of drug-likeness (QED) is 0.323. The number of benzene rings is 3. The van der Waals surface area contributed by atoms with Gasteiger partial charge in [0.15, 0.2) is 5.11 Å². The third-order valence-corrected chi connectivity index (χ3v) is 4.80. The first kappa shape index (κ1) is 18.5. The van der Waals surface area contributed by atoms with Gasteiger partial charge in [0.25, 0.3) is 0 Å². The van der Waals surface area contributed by atoms with E-state index in [2.05, 4.69) is 28.0 Å². The van der Waals surface area contributed by atoms with Crippen molar-refractivity contribution in [2.24, 2.45) is 5.10 Å². The predicted octanol–water partition coefficient (Wildman–Crippen LogP) is 5.81. The molecule has 0 heterocycles. The summed E-state index contributed by atoms with van der Waals surface area (Å²) < 4.78 is 0. The lowest BCUT2D eigenvalue weighted by atomic mass is 10.2. The Morgan fingerprint density at radius 2 is 1.50 bits per heavy atom. The van der Waals surface area contributed by atoms with Gasteiger partial charge in [0.05, 0.1) is 6.21 Å². The standard InChI is InChI=1S/C20H16ClN3S2/c21-16-8-12-19(13-9-16)26-18-10-6-15(7-11-18)14-22-24-20(25)23-17-4-2-1-3-5-17/h1-14H,(H2,23,24,25)/b22-14+. The van der Waals surface area contributed by atoms with Crippen LogP contribution < -0.4 is 10.7 Å². The summed E-state index contributed by atoms with van der Waals surface area (Å²) in [5.41, 5.74) is 4.72. The molecule has 130 valence electrons. The van der Waals surface area contributed by atoms with Crippen LogP contribution in [0.3, 0.4) is 0 Å². The lowest BCUT2D eigenvalue weighted by molar-refractivity contribution is 1.05. The fourth-order valence-electron chi connectivity index (χ4n) is 2.11. The molecule has 26 heavy (non-hydrogen) atoms. The van der Waals surface area contributed by atoms with Crippen LogP contribution in [0.1, 0.15) is 5.56 Å². The van der Waals surface area contributed by atoms with Crippen LogP contribution in [-0.4, -0.2) is 11.3 Å². The van der Waals surface area contributed by atoms with Crippen LogP contribution in [0.15, 0.2) is 93.8 Å². The van der Waals surface area contributed by atoms with E-state index in [1.54, 1.807) is 18.0 Å². The van der Waals surface area contributed by atoms with Crippen molar-refractivity contribution in [1.29, 1.82) is 0 Å². The molecule has 0 amide bonds. The van der Waals surface area contributed by atoms with Gasteiger partial charge >= 0.3 is 0 Å². The van der Waals surface area contributed by atoms with Gasteiger partial charge in [0.1, 0.15) is 0 Å². The minimum absolute atomic E-state index is 0.447. The Morgan fingerprint density at radius 3 is 2.15 bits per heavy atom. The Morgan fingerprint density at radius 1 is 0.885 bits per heavy atom. The van der Waals surface area contributed by atoms with Crippen LogP contribution in [0, 0.1) is 0 Å². The lowest BCUT2D eigenvalue weighted by Gasteiger charge is -2.06. The van der Waals surface area contributed by atoms with Gasteiger partial charge < -0.3 is 5.32 Å². The maximum Gasteiger partial charge on any atom is 0.191 e. The molecule has 0 fully saturated rings. The normalized spacial score (nSPS) is 10.7. The number of halogens is 1. The number of hydrogen-bond donors (Lipinski definition) is 2. The molecule has 3 nitrogen and oxygen atoms in total. The van der Waals surface area contributed by atoms with E-state index < -0.39 is 0 Å². The molecule has 2 N–H and O–H groups in total. The Kier molecular flexibility index (Phi) is 6.66. The smallest absolute Gasteiger partial charge is 0.191 e. The SMILES string of the molecule is S=C(N/N=C/c1ccc(Sc2ccc(Cl)cc2)cc1)Nc1ccccc1. The van der Waals surface area contributed by atoms with Crippen molar-refractivity contribution in [2.45, 2.75) is 9.79 Å². The molecule has 3 aromatic carbocycles. The van der Waals surface area contributed by atoms with E-state index in [1.807, 2.05) is 66.7 Å². The molecule has 0 aliphatic rings. The van der Waals surface area contributed by atoms with Crippen LogP contribution in [0.25, 0.3) is 0 Å². The largest absolute Gasteiger partial charge is 0.331 e. The zero-order valence-corrected chi connectivity index (χ0v) is 16.1. The first-order valence-electron chi connectivity index (χ1n) is 7.88. The summed E-state index contributed by atoms with van der Waals surface area (Å²) in [6.45, 7) is 0. The molecule has 6 heteroatoms. The Hall–Kier alpha value is -2.34. The summed E-state index contributed by atoms with van der Waals surface area (Å²) in [5, 5.41) is 8.41. The fourth-order valence-corrected chi connectivity index (χ4v) is 3.22. The molecular weight excluding hydrogens is 382 g/mol. The Bertz CT molecular complexity index is 879. The third-order valence-electron chi connectivity index (χ3n) is 3.34. The molecule has 0 aliphatic carbocycles. The molecule has 0 unspecified atom stereocenters. The number of anilines is 1. The third kappa shape index (κ3) is 5.88. The van der Waals surface area contributed by atoms with Crippen LogP contribution in [0.5, 0.6) is 0 Å². The second-order valence-corrected chi connectivity index (χ2v) is 7.31. The molecule has 0 bridgehead atoms. The zero-order valence-electron chi connectivity index (χ0n) is 13.7. The number of thiocarbonyl (C=S) groups is 1. The molecule has 0 aliphatic heterocycles. The van der Waals surface area contributed by atoms with E-state index in [0.29, 0.717) is 5.11 Å². The van der Waals surface area contributed by atoms with Crippen LogP contribution in [-0.2, 0) is 0 Å². The molecular formula is C20H16ClN3S2. The fraction of sp³-hybridized carbons (Fsp3) is 0. The van der Waals surface area contributed by atoms with Gasteiger partial charge in [-0.05, 0) is 66.3 Å². The number of nitrogens with one attached hydrogen (secondary N) is 2. The van der Waals surface area contributed by atoms with Crippen molar-refractivity contribution in [1.82, 2.24) is 5.43 Å². The van der Waals surface area contributed by atoms with E-state index in [4.69, 9.17) is 23.8 Å². The van der Waals surface area contributed by atoms with Gasteiger partial charge in [-0.2, -0.15) is 5.10 Å². The summed E-state index contributed by atoms with van der Waals surface area (Å²) in [6, 6.07) is 25.6. The van der Waals surface area contributed by atoms with Gasteiger partial charge in [-0.15, -0.1) is 0 Å². The zero-order chi connectivity index (χ0) is 18.2. The molecule has 0 saturated heterocycles. The summed E-state index contributed by atoms with van der Waals surface area (Å²) in [6.07, 6.45) is 1.73. The maximum atomic E-state index is 5.91. The summed E-state index contributed by atoms with van der Waals surface area (Å²) in [4.78, 5) is 2.30. The first-order valence-corrected chi connectivity index (χ1v) is 9.48. The molecule has 3 rings (SSSR count). The van der Waals surface area contributed by atoms with Gasteiger partial charge in [0.2, 0.25) is 0 Å². The first-order chi connectivity index (χ1) is 12.7. The number of nitrogens with zero attached hydrogens (tertiary/aromatic N) is 1. The van der Waals surface area contributed by atoms with Gasteiger partial charge in [-0.1, -0.05) is 53.7 Å². The summed E-state index contributed by atoms with van der Waals surface area (Å²) in [5.74, 6) is 0. The van der Waals surface area contributed by atoms with Gasteiger partial charge in [-0.25, -0.2) is 0 Å². The number of rotatable bonds is 5. The number of hydrogen-bond acceptors (Lipinski definition) is 3. The van der Waals surface area contributed by atoms with Crippen molar-refractivity contribution in [2.75, 3.05) is 5.32 Å². The topological polar surface area (TPSA) is 36.4 Å². The average molecular weight is 398 g/mol. The highest BCUT2D eigenvalue weighted by atomic mass is 35.5. The molecule has 0 atom stereocenters. The highest BCUT2D eigenvalue weighted by Gasteiger charge is 1.98. The second kappa shape index (κ2) is 9.38. The van der Waals surface area contributed by atoms with Crippen LogP contribution in [0.4, 0.5) is 5.69 Å². The maximum absolute atomic E-state index is 5.91. The van der Waals surface area contributed by atoms with Gasteiger partial charge in [0, 0.05) is 20.5 Å². The van der Waals surface area contributed by atoms with E-state index in [9.17, 15) is 0 Å². The second-order valence-electron chi connectivity index (χ2n) is 5.32. The van der Waals surface area contributed by atoms with E-state index >= 15 is 0 Å². The summed E-state index contributed by atoms with van der Waals surface area (Å²) >= 11 is 12.8. The van der Waals surface area contributed by atoms with E-state index in [0.717, 1.165) is 26.1 Å². The molecule has 3 aromatic rings. The van der Waals surface area contributed by atoms with Crippen molar-refractivity contribution < 1.29 is 0 Å². The minimum Gasteiger partial charge on any atom is -0.331 e. The van der Waals surface area contributed by atoms with E-state index in [1.165, 1.54) is 0 Å². The molecule has 0 aromatic heterocycles. The predicted molar refractivity (Wildman–Crippen MR) is 115 cm³/mol. The van der Waals surface area contributed by atoms with Crippen molar-refractivity contribution in [3.63, 3.8) is 0 Å². The number of hydrazone groups is 1. The molecule has 0 saturated carbocycles. The van der Waals surface area contributed by atoms with Gasteiger partial charge in [-0.3, -0.25) is 5.43 Å². The van der Waals surface area contributed by atoms with Crippen molar-refractivity contribution in [3.05, 3.63) is 89.4 Å². The number of para-hydroxylation sites is 1. The van der Waals surface area contributed by atoms with Crippen molar-refractivity contribution in [3.8, 4) is 0 Å².